The zero-order valence-corrected chi connectivity index (χ0v) is 11.3. The second-order valence-corrected chi connectivity index (χ2v) is 8.91. The summed E-state index contributed by atoms with van der Waals surface area (Å²) in [4.78, 5) is 0. The molecule has 0 radical (unpaired) electrons. The third kappa shape index (κ3) is 10.1. The Morgan fingerprint density at radius 1 is 1.50 bits per heavy atom. The van der Waals surface area contributed by atoms with Crippen LogP contribution in [0.1, 0.15) is 0 Å². The van der Waals surface area contributed by atoms with Crippen molar-refractivity contribution in [3.8, 4) is 0 Å². The molecule has 0 spiro atoms. The Balaban J connectivity index is 0. The van der Waals surface area contributed by atoms with Gasteiger partial charge in [-0.05, 0) is 0 Å². The first kappa shape index (κ1) is 11.7. The Labute approximate surface area is 68.2 Å². The molecular formula is BBiO4SiZn. The molecule has 0 aliphatic rings. The Kier molecular flexibility index (Phi) is 16.0. The Bertz CT molecular complexity index is 94.2. The minimum atomic E-state index is -2.17. The Hall–Kier alpha value is 0.988. The molecule has 0 rings (SSSR count). The molecule has 8 heavy (non-hydrogen) atoms. The molecule has 0 atom stereocenters. The van der Waals surface area contributed by atoms with E-state index in [-0.39, 0.29) is 25.0 Å². The first-order valence-corrected chi connectivity index (χ1v) is 10.7. The van der Waals surface area contributed by atoms with E-state index >= 15 is 0 Å². The van der Waals surface area contributed by atoms with E-state index in [1.54, 1.807) is 0 Å². The van der Waals surface area contributed by atoms with Gasteiger partial charge < -0.3 is 0 Å². The predicted octanol–water partition coefficient (Wildman–Crippen LogP) is -1.62. The molecule has 0 unspecified atom stereocenters. The second kappa shape index (κ2) is 10.9. The molecule has 0 saturated carbocycles. The van der Waals surface area contributed by atoms with E-state index < -0.39 is 28.1 Å². The van der Waals surface area contributed by atoms with Crippen molar-refractivity contribution in [2.75, 3.05) is 0 Å². The summed E-state index contributed by atoms with van der Waals surface area (Å²) >= 11 is -1.91. The second-order valence-electron chi connectivity index (χ2n) is 0.547. The number of hydrogen-bond acceptors (Lipinski definition) is 4. The third-order valence-electron chi connectivity index (χ3n) is 0.191. The molecule has 8 heteroatoms. The van der Waals surface area contributed by atoms with Gasteiger partial charge in [0.15, 0.2) is 0 Å². The van der Waals surface area contributed by atoms with Gasteiger partial charge in [0, 0.05) is 0 Å². The third-order valence-corrected chi connectivity index (χ3v) is 3.90. The summed E-state index contributed by atoms with van der Waals surface area (Å²) in [5.41, 5.74) is -2.17. The van der Waals surface area contributed by atoms with Gasteiger partial charge in [0.25, 0.3) is 0 Å². The van der Waals surface area contributed by atoms with Gasteiger partial charge in [-0.15, -0.1) is 0 Å². The van der Waals surface area contributed by atoms with Crippen LogP contribution in [0, 0.1) is 0 Å². The molecule has 0 amide bonds. The summed E-state index contributed by atoms with van der Waals surface area (Å²) in [6.07, 6.45) is 0. The van der Waals surface area contributed by atoms with Crippen molar-refractivity contribution in [1.29, 1.82) is 0 Å². The SMILES string of the molecule is O=B[Si](=O)[Bi]=[O].[O]=[Zn]. The first-order chi connectivity index (χ1) is 3.81. The summed E-state index contributed by atoms with van der Waals surface area (Å²) in [7, 11) is 0. The zero-order valence-electron chi connectivity index (χ0n) is 3.86. The molecule has 0 N–H and O–H groups in total. The summed E-state index contributed by atoms with van der Waals surface area (Å²) in [5, 5.41) is 0. The molecule has 0 saturated heterocycles. The van der Waals surface area contributed by atoms with Crippen LogP contribution in [0.15, 0.2) is 0 Å². The average molecular weight is 377 g/mol. The van der Waals surface area contributed by atoms with E-state index in [0.717, 1.165) is 0 Å². The van der Waals surface area contributed by atoms with Crippen molar-refractivity contribution >= 4 is 34.8 Å². The first-order valence-electron chi connectivity index (χ1n) is 1.42. The van der Waals surface area contributed by atoms with Crippen LogP contribution in [-0.4, -0.2) is 34.8 Å². The molecule has 38 valence electrons. The van der Waals surface area contributed by atoms with Crippen LogP contribution in [0.2, 0.25) is 0 Å². The fourth-order valence-corrected chi connectivity index (χ4v) is 0.566. The fourth-order valence-electron chi connectivity index (χ4n) is 0.0215. The van der Waals surface area contributed by atoms with Crippen LogP contribution in [0.5, 0.6) is 0 Å². The molecule has 4 nitrogen and oxygen atoms in total. The van der Waals surface area contributed by atoms with Crippen LogP contribution in [0.3, 0.4) is 0 Å². The van der Waals surface area contributed by atoms with Gasteiger partial charge in [-0.2, -0.15) is 0 Å². The summed E-state index contributed by atoms with van der Waals surface area (Å²) in [6.45, 7) is 0.286. The van der Waals surface area contributed by atoms with E-state index in [1.807, 2.05) is 0 Å². The van der Waals surface area contributed by atoms with Crippen molar-refractivity contribution in [3.63, 3.8) is 0 Å². The Morgan fingerprint density at radius 2 is 1.88 bits per heavy atom. The van der Waals surface area contributed by atoms with Crippen molar-refractivity contribution in [3.05, 3.63) is 0 Å². The summed E-state index contributed by atoms with van der Waals surface area (Å²) in [6, 6.07) is 0. The number of hydrogen-bond donors (Lipinski definition) is 0. The van der Waals surface area contributed by atoms with E-state index in [4.69, 9.17) is 3.57 Å². The molecule has 0 aromatic heterocycles. The maximum atomic E-state index is 9.77. The average Bonchev–Trinajstić information content (AvgIpc) is 1.91. The van der Waals surface area contributed by atoms with Crippen LogP contribution >= 0.6 is 0 Å². The fraction of sp³-hybridized carbons (Fsp3) is 0. The van der Waals surface area contributed by atoms with Crippen LogP contribution in [0.4, 0.5) is 0 Å². The van der Waals surface area contributed by atoms with Gasteiger partial charge in [-0.25, -0.2) is 0 Å². The van der Waals surface area contributed by atoms with E-state index in [2.05, 4.69) is 0 Å². The zero-order chi connectivity index (χ0) is 6.99. The van der Waals surface area contributed by atoms with Crippen molar-refractivity contribution in [2.45, 2.75) is 0 Å². The minimum absolute atomic E-state index is 0.125. The monoisotopic (exact) mass is 376 g/mol. The van der Waals surface area contributed by atoms with Gasteiger partial charge in [-0.1, -0.05) is 0 Å². The quantitative estimate of drug-likeness (QED) is 0.543. The molecule has 0 bridgehead atoms. The molecule has 0 heterocycles. The van der Waals surface area contributed by atoms with E-state index in [0.29, 0.717) is 0 Å². The molecule has 0 aliphatic carbocycles. The molecule has 0 fully saturated rings. The van der Waals surface area contributed by atoms with Crippen LogP contribution in [0.25, 0.3) is 0 Å². The maximum absolute atomic E-state index is 9.77. The van der Waals surface area contributed by atoms with Gasteiger partial charge >= 0.3 is 68.6 Å². The van der Waals surface area contributed by atoms with Crippen LogP contribution < -0.4 is 0 Å². The molecule has 0 aliphatic heterocycles. The summed E-state index contributed by atoms with van der Waals surface area (Å²) in [5.74, 6) is 0. The van der Waals surface area contributed by atoms with Crippen molar-refractivity contribution in [1.82, 2.24) is 0 Å². The standard InChI is InChI=1S/BO2Si.Bi.2O.Zn/c2-1-4-3;;;;. The molecular weight excluding hydrogens is 377 g/mol. The van der Waals surface area contributed by atoms with Crippen molar-refractivity contribution < 1.29 is 33.8 Å². The van der Waals surface area contributed by atoms with Gasteiger partial charge in [0.05, 0.1) is 0 Å². The van der Waals surface area contributed by atoms with E-state index in [1.165, 1.54) is 0 Å². The topological polar surface area (TPSA) is 68.3 Å². The normalized spacial score (nSPS) is 5.25. The predicted molar refractivity (Wildman–Crippen MR) is 20.0 cm³/mol. The van der Waals surface area contributed by atoms with Gasteiger partial charge in [0.2, 0.25) is 0 Å². The summed E-state index contributed by atoms with van der Waals surface area (Å²) < 4.78 is 37.0. The van der Waals surface area contributed by atoms with Gasteiger partial charge in [-0.3, -0.25) is 0 Å². The molecule has 0 aromatic carbocycles. The molecule has 0 aromatic rings. The van der Waals surface area contributed by atoms with E-state index in [9.17, 15) is 12.0 Å². The van der Waals surface area contributed by atoms with Crippen molar-refractivity contribution in [2.24, 2.45) is 0 Å². The van der Waals surface area contributed by atoms with Gasteiger partial charge in [0.1, 0.15) is 0 Å². The Morgan fingerprint density at radius 3 is 1.88 bits per heavy atom. The van der Waals surface area contributed by atoms with Crippen LogP contribution in [-0.2, 0) is 33.8 Å². The number of rotatable bonds is 2.